The molecule has 6 nitrogen and oxygen atoms in total. The van der Waals surface area contributed by atoms with Crippen molar-refractivity contribution in [3.63, 3.8) is 0 Å². The Labute approximate surface area is 467 Å². The number of ether oxygens (including phenoxy) is 3. The molecule has 428 valence electrons. The lowest BCUT2D eigenvalue weighted by Crippen LogP contribution is -2.30. The Hall–Kier alpha value is -4.71. The van der Waals surface area contributed by atoms with Crippen LogP contribution in [0.3, 0.4) is 0 Å². The molecule has 0 spiro atoms. The van der Waals surface area contributed by atoms with Gasteiger partial charge < -0.3 is 14.2 Å². The van der Waals surface area contributed by atoms with Crippen LogP contribution in [0.4, 0.5) is 0 Å². The summed E-state index contributed by atoms with van der Waals surface area (Å²) < 4.78 is 16.8. The third-order valence-corrected chi connectivity index (χ3v) is 12.6. The van der Waals surface area contributed by atoms with E-state index in [1.165, 1.54) is 70.6 Å². The summed E-state index contributed by atoms with van der Waals surface area (Å²) in [5.74, 6) is -0.965. The predicted octanol–water partition coefficient (Wildman–Crippen LogP) is 21.2. The zero-order chi connectivity index (χ0) is 55.0. The van der Waals surface area contributed by atoms with Gasteiger partial charge in [-0.3, -0.25) is 14.4 Å². The van der Waals surface area contributed by atoms with Crippen molar-refractivity contribution >= 4 is 17.9 Å². The van der Waals surface area contributed by atoms with E-state index in [2.05, 4.69) is 167 Å². The summed E-state index contributed by atoms with van der Waals surface area (Å²) in [5, 5.41) is 0. The van der Waals surface area contributed by atoms with Crippen molar-refractivity contribution in [2.24, 2.45) is 0 Å². The Balaban J connectivity index is 4.34. The summed E-state index contributed by atoms with van der Waals surface area (Å²) in [6.45, 7) is 6.43. The Morgan fingerprint density at radius 3 is 0.855 bits per heavy atom. The molecule has 0 bridgehead atoms. The van der Waals surface area contributed by atoms with Gasteiger partial charge in [0.25, 0.3) is 0 Å². The van der Waals surface area contributed by atoms with E-state index in [1.54, 1.807) is 0 Å². The van der Waals surface area contributed by atoms with Gasteiger partial charge in [0, 0.05) is 19.3 Å². The lowest BCUT2D eigenvalue weighted by Gasteiger charge is -2.18. The Morgan fingerprint density at radius 1 is 0.276 bits per heavy atom. The molecule has 0 fully saturated rings. The molecule has 0 heterocycles. The van der Waals surface area contributed by atoms with E-state index >= 15 is 0 Å². The number of hydrogen-bond donors (Lipinski definition) is 0. The number of unbranched alkanes of at least 4 members (excludes halogenated alkanes) is 19. The zero-order valence-corrected chi connectivity index (χ0v) is 49.0. The van der Waals surface area contributed by atoms with Crippen LogP contribution in [0.1, 0.15) is 258 Å². The maximum absolute atomic E-state index is 12.8. The summed E-state index contributed by atoms with van der Waals surface area (Å²) in [6, 6.07) is 0. The van der Waals surface area contributed by atoms with Crippen molar-refractivity contribution in [3.05, 3.63) is 146 Å². The molecule has 0 saturated heterocycles. The van der Waals surface area contributed by atoms with Crippen LogP contribution < -0.4 is 0 Å². The quantitative estimate of drug-likeness (QED) is 0.0261. The van der Waals surface area contributed by atoms with Crippen LogP contribution in [-0.4, -0.2) is 37.2 Å². The molecule has 0 N–H and O–H groups in total. The highest BCUT2D eigenvalue weighted by molar-refractivity contribution is 5.71. The first-order chi connectivity index (χ1) is 37.5. The van der Waals surface area contributed by atoms with Crippen LogP contribution in [0.5, 0.6) is 0 Å². The monoisotopic (exact) mass is 1050 g/mol. The highest BCUT2D eigenvalue weighted by Gasteiger charge is 2.19. The summed E-state index contributed by atoms with van der Waals surface area (Å²) >= 11 is 0. The van der Waals surface area contributed by atoms with Crippen molar-refractivity contribution in [2.45, 2.75) is 264 Å². The molecule has 0 aromatic rings. The largest absolute Gasteiger partial charge is 0.462 e. The number of rotatable bonds is 54. The minimum absolute atomic E-state index is 0.100. The van der Waals surface area contributed by atoms with Gasteiger partial charge >= 0.3 is 17.9 Å². The third-order valence-electron chi connectivity index (χ3n) is 12.6. The summed E-state index contributed by atoms with van der Waals surface area (Å²) in [5.41, 5.74) is 0. The first-order valence-corrected chi connectivity index (χ1v) is 30.8. The van der Waals surface area contributed by atoms with Crippen molar-refractivity contribution in [2.75, 3.05) is 13.2 Å². The van der Waals surface area contributed by atoms with Gasteiger partial charge in [-0.15, -0.1) is 0 Å². The maximum atomic E-state index is 12.8. The molecule has 6 heteroatoms. The maximum Gasteiger partial charge on any atom is 0.306 e. The van der Waals surface area contributed by atoms with Gasteiger partial charge in [0.05, 0.1) is 0 Å². The second-order valence-electron chi connectivity index (χ2n) is 19.9. The highest BCUT2D eigenvalue weighted by atomic mass is 16.6. The lowest BCUT2D eigenvalue weighted by atomic mass is 10.1. The van der Waals surface area contributed by atoms with Gasteiger partial charge in [-0.05, 0) is 128 Å². The Morgan fingerprint density at radius 2 is 0.513 bits per heavy atom. The van der Waals surface area contributed by atoms with E-state index in [9.17, 15) is 14.4 Å². The molecule has 0 aliphatic rings. The fraction of sp³-hybridized carbons (Fsp3) is 0.614. The second-order valence-corrected chi connectivity index (χ2v) is 19.9. The molecule has 0 radical (unpaired) electrons. The van der Waals surface area contributed by atoms with Gasteiger partial charge in [-0.25, -0.2) is 0 Å². The number of hydrogen-bond acceptors (Lipinski definition) is 6. The van der Waals surface area contributed by atoms with Gasteiger partial charge in [-0.1, -0.05) is 256 Å². The van der Waals surface area contributed by atoms with E-state index in [1.807, 2.05) is 0 Å². The van der Waals surface area contributed by atoms with Crippen molar-refractivity contribution in [3.8, 4) is 0 Å². The van der Waals surface area contributed by atoms with Crippen LogP contribution in [0, 0.1) is 0 Å². The van der Waals surface area contributed by atoms with E-state index in [0.717, 1.165) is 141 Å². The summed E-state index contributed by atoms with van der Waals surface area (Å²) in [4.78, 5) is 38.1. The average molecular weight is 1050 g/mol. The van der Waals surface area contributed by atoms with Gasteiger partial charge in [0.1, 0.15) is 13.2 Å². The Kier molecular flexibility index (Phi) is 58.9. The topological polar surface area (TPSA) is 78.9 Å². The lowest BCUT2D eigenvalue weighted by molar-refractivity contribution is -0.167. The fourth-order valence-corrected chi connectivity index (χ4v) is 7.97. The number of carbonyl (C=O) groups excluding carboxylic acids is 3. The average Bonchev–Trinajstić information content (AvgIpc) is 3.42. The van der Waals surface area contributed by atoms with E-state index < -0.39 is 6.10 Å². The van der Waals surface area contributed by atoms with E-state index in [-0.39, 0.29) is 31.1 Å². The van der Waals surface area contributed by atoms with Crippen molar-refractivity contribution in [1.29, 1.82) is 0 Å². The van der Waals surface area contributed by atoms with Crippen LogP contribution in [0.15, 0.2) is 146 Å². The minimum Gasteiger partial charge on any atom is -0.462 e. The first kappa shape index (κ1) is 71.3. The molecule has 1 atom stereocenters. The van der Waals surface area contributed by atoms with E-state index in [0.29, 0.717) is 25.7 Å². The molecule has 0 aliphatic carbocycles. The first-order valence-electron chi connectivity index (χ1n) is 30.8. The molecule has 0 aliphatic heterocycles. The van der Waals surface area contributed by atoms with Gasteiger partial charge in [0.2, 0.25) is 0 Å². The highest BCUT2D eigenvalue weighted by Crippen LogP contribution is 2.14. The zero-order valence-electron chi connectivity index (χ0n) is 49.0. The van der Waals surface area contributed by atoms with E-state index in [4.69, 9.17) is 14.2 Å². The standard InChI is InChI=1S/C70H112O6/c1-4-7-10-13-16-19-22-24-26-27-28-29-30-31-32-33-34-35-36-37-38-39-40-41-42-43-45-46-48-51-54-57-60-63-69(72)75-66-67(65-74-68(71)62-59-56-53-50-21-18-15-12-9-6-3)76-70(73)64-61-58-55-52-49-47-44-25-23-20-17-14-11-8-5-2/h7,10,16-17,19-20,24-26,28-29,31-32,34-35,37-38,40-41,43-45,48,51,67H,4-6,8-9,11-15,18,21-23,27,30,33,36,39,42,46-47,49-50,52-66H2,1-3H3/b10-7-,19-16-,20-17-,26-24-,29-28-,32-31-,35-34-,38-37-,41-40-,44-25-,45-43-,51-48-. The number of allylic oxidation sites excluding steroid dienone is 24. The van der Waals surface area contributed by atoms with Crippen LogP contribution in [-0.2, 0) is 28.6 Å². The summed E-state index contributed by atoms with van der Waals surface area (Å²) in [7, 11) is 0. The normalized spacial score (nSPS) is 13.1. The van der Waals surface area contributed by atoms with Crippen molar-refractivity contribution < 1.29 is 28.6 Å². The Bertz CT molecular complexity index is 1680. The molecule has 0 saturated carbocycles. The van der Waals surface area contributed by atoms with Gasteiger partial charge in [0.15, 0.2) is 6.10 Å². The van der Waals surface area contributed by atoms with Crippen LogP contribution >= 0.6 is 0 Å². The predicted molar refractivity (Wildman–Crippen MR) is 329 cm³/mol. The minimum atomic E-state index is -0.806. The number of carbonyl (C=O) groups is 3. The molecular weight excluding hydrogens is 937 g/mol. The second kappa shape index (κ2) is 62.8. The van der Waals surface area contributed by atoms with Crippen LogP contribution in [0.25, 0.3) is 0 Å². The molecule has 0 rings (SSSR count). The smallest absolute Gasteiger partial charge is 0.306 e. The van der Waals surface area contributed by atoms with Crippen molar-refractivity contribution in [1.82, 2.24) is 0 Å². The molecule has 1 unspecified atom stereocenters. The van der Waals surface area contributed by atoms with Gasteiger partial charge in [-0.2, -0.15) is 0 Å². The third kappa shape index (κ3) is 60.2. The molecule has 0 aromatic heterocycles. The molecule has 0 aromatic carbocycles. The molecule has 76 heavy (non-hydrogen) atoms. The molecular formula is C70H112O6. The van der Waals surface area contributed by atoms with Crippen LogP contribution in [0.2, 0.25) is 0 Å². The molecule has 0 amide bonds. The number of esters is 3. The summed E-state index contributed by atoms with van der Waals surface area (Å²) in [6.07, 6.45) is 90.0. The SMILES string of the molecule is CC/C=C\C/C=C\C/C=C\C/C=C\C/C=C\C/C=C\C/C=C\C/C=C\C/C=C\C/C=C\CCCCC(=O)OCC(COC(=O)CCCCCCCCCCCC)OC(=O)CCCCCCC/C=C\C/C=C\CCCCC. The fourth-order valence-electron chi connectivity index (χ4n) is 7.97.